The van der Waals surface area contributed by atoms with Gasteiger partial charge in [0.25, 0.3) is 0 Å². The molecule has 0 saturated heterocycles. The van der Waals surface area contributed by atoms with Gasteiger partial charge in [-0.1, -0.05) is 44.6 Å². The Bertz CT molecular complexity index is 715. The van der Waals surface area contributed by atoms with Crippen LogP contribution >= 0.6 is 0 Å². The zero-order valence-corrected chi connectivity index (χ0v) is 15.4. The first-order valence-electron chi connectivity index (χ1n) is 9.64. The quantitative estimate of drug-likeness (QED) is 0.758. The molecule has 3 nitrogen and oxygen atoms in total. The minimum absolute atomic E-state index is 0.00918. The van der Waals surface area contributed by atoms with Crippen molar-refractivity contribution in [3.63, 3.8) is 0 Å². The van der Waals surface area contributed by atoms with E-state index in [2.05, 4.69) is 32.1 Å². The summed E-state index contributed by atoms with van der Waals surface area (Å²) in [5, 5.41) is 9.53. The SMILES string of the molecule is CC(C(=O)O)[C@H]1CC[C@H]2[C@@H]3CCC4=CC(=O)C=C[C@]4(C)[C@H]3C=C[C@]12C. The van der Waals surface area contributed by atoms with Gasteiger partial charge in [-0.25, -0.2) is 0 Å². The van der Waals surface area contributed by atoms with Gasteiger partial charge >= 0.3 is 5.97 Å². The maximum Gasteiger partial charge on any atom is 0.306 e. The summed E-state index contributed by atoms with van der Waals surface area (Å²) in [7, 11) is 0. The Balaban J connectivity index is 1.71. The maximum atomic E-state index is 11.8. The summed E-state index contributed by atoms with van der Waals surface area (Å²) in [5.41, 5.74) is 1.22. The molecule has 3 heteroatoms. The Labute approximate surface area is 149 Å². The molecular formula is C22H28O3. The van der Waals surface area contributed by atoms with E-state index in [0.29, 0.717) is 17.8 Å². The molecule has 7 atom stereocenters. The van der Waals surface area contributed by atoms with Crippen molar-refractivity contribution in [2.45, 2.75) is 46.5 Å². The highest BCUT2D eigenvalue weighted by Gasteiger charge is 2.57. The predicted molar refractivity (Wildman–Crippen MR) is 96.8 cm³/mol. The molecule has 134 valence electrons. The number of carboxylic acids is 1. The Morgan fingerprint density at radius 2 is 2.00 bits per heavy atom. The zero-order chi connectivity index (χ0) is 18.0. The normalized spacial score (nSPS) is 46.0. The van der Waals surface area contributed by atoms with Crippen molar-refractivity contribution in [2.24, 2.45) is 40.4 Å². The van der Waals surface area contributed by atoms with Crippen molar-refractivity contribution in [1.29, 1.82) is 0 Å². The van der Waals surface area contributed by atoms with Gasteiger partial charge in [-0.05, 0) is 66.9 Å². The summed E-state index contributed by atoms with van der Waals surface area (Å²) in [5.74, 6) is 0.940. The lowest BCUT2D eigenvalue weighted by Gasteiger charge is -2.54. The number of carboxylic acid groups (broad SMARTS) is 1. The van der Waals surface area contributed by atoms with Crippen LogP contribution in [-0.2, 0) is 9.59 Å². The molecule has 2 saturated carbocycles. The second-order valence-electron chi connectivity index (χ2n) is 9.06. The highest BCUT2D eigenvalue weighted by molar-refractivity contribution is 6.01. The number of carbonyl (C=O) groups is 2. The smallest absolute Gasteiger partial charge is 0.306 e. The zero-order valence-electron chi connectivity index (χ0n) is 15.4. The highest BCUT2D eigenvalue weighted by Crippen LogP contribution is 2.64. The highest BCUT2D eigenvalue weighted by atomic mass is 16.4. The van der Waals surface area contributed by atoms with E-state index in [1.54, 1.807) is 6.08 Å². The fourth-order valence-corrected chi connectivity index (χ4v) is 6.60. The van der Waals surface area contributed by atoms with Crippen molar-refractivity contribution in [2.75, 3.05) is 0 Å². The third kappa shape index (κ3) is 2.24. The topological polar surface area (TPSA) is 54.4 Å². The van der Waals surface area contributed by atoms with Crippen LogP contribution in [0.5, 0.6) is 0 Å². The predicted octanol–water partition coefficient (Wildman–Crippen LogP) is 4.41. The van der Waals surface area contributed by atoms with Gasteiger partial charge in [-0.2, -0.15) is 0 Å². The van der Waals surface area contributed by atoms with Gasteiger partial charge in [-0.15, -0.1) is 0 Å². The monoisotopic (exact) mass is 340 g/mol. The maximum absolute atomic E-state index is 11.8. The summed E-state index contributed by atoms with van der Waals surface area (Å²) in [6, 6.07) is 0. The molecule has 1 unspecified atom stereocenters. The van der Waals surface area contributed by atoms with Gasteiger partial charge < -0.3 is 5.11 Å². The summed E-state index contributed by atoms with van der Waals surface area (Å²) < 4.78 is 0. The summed E-state index contributed by atoms with van der Waals surface area (Å²) >= 11 is 0. The molecule has 1 N–H and O–H groups in total. The van der Waals surface area contributed by atoms with E-state index in [9.17, 15) is 14.7 Å². The number of fused-ring (bicyclic) bond motifs is 5. The van der Waals surface area contributed by atoms with E-state index in [1.807, 2.05) is 13.0 Å². The molecule has 25 heavy (non-hydrogen) atoms. The molecule has 0 aromatic heterocycles. The molecule has 4 rings (SSSR count). The lowest BCUT2D eigenvalue weighted by Crippen LogP contribution is -2.47. The van der Waals surface area contributed by atoms with Gasteiger partial charge in [0, 0.05) is 5.41 Å². The van der Waals surface area contributed by atoms with E-state index < -0.39 is 5.97 Å². The number of aliphatic carboxylic acids is 1. The van der Waals surface area contributed by atoms with E-state index in [1.165, 1.54) is 5.57 Å². The van der Waals surface area contributed by atoms with Crippen LogP contribution in [0.2, 0.25) is 0 Å². The first-order valence-corrected chi connectivity index (χ1v) is 9.64. The minimum atomic E-state index is -0.669. The van der Waals surface area contributed by atoms with Crippen LogP contribution in [0.1, 0.15) is 46.5 Å². The van der Waals surface area contributed by atoms with Crippen molar-refractivity contribution < 1.29 is 14.7 Å². The lowest BCUT2D eigenvalue weighted by atomic mass is 9.50. The standard InChI is InChI=1S/C22H28O3/c1-13(20(24)25)17-6-7-18-16-5-4-14-12-15(23)8-10-21(14,2)19(16)9-11-22(17,18)3/h8-13,16-19H,4-7H2,1-3H3,(H,24,25)/t13?,16-,17+,18-,19-,21-,22+/m0/s1. The summed E-state index contributed by atoms with van der Waals surface area (Å²) in [6.45, 7) is 6.44. The number of carbonyl (C=O) groups excluding carboxylic acids is 1. The molecule has 0 radical (unpaired) electrons. The number of rotatable bonds is 2. The molecular weight excluding hydrogens is 312 g/mol. The van der Waals surface area contributed by atoms with Crippen LogP contribution in [-0.4, -0.2) is 16.9 Å². The Hall–Kier alpha value is -1.64. The van der Waals surface area contributed by atoms with Crippen LogP contribution in [0.4, 0.5) is 0 Å². The lowest BCUT2D eigenvalue weighted by molar-refractivity contribution is -0.144. The number of hydrogen-bond acceptors (Lipinski definition) is 2. The Morgan fingerprint density at radius 1 is 1.24 bits per heavy atom. The van der Waals surface area contributed by atoms with Crippen LogP contribution in [0.25, 0.3) is 0 Å². The van der Waals surface area contributed by atoms with Crippen LogP contribution in [0.15, 0.2) is 36.0 Å². The van der Waals surface area contributed by atoms with Gasteiger partial charge in [0.05, 0.1) is 5.92 Å². The van der Waals surface area contributed by atoms with E-state index in [-0.39, 0.29) is 28.4 Å². The first kappa shape index (κ1) is 16.8. The third-order valence-electron chi connectivity index (χ3n) is 8.06. The second-order valence-corrected chi connectivity index (χ2v) is 9.06. The average Bonchev–Trinajstić information content (AvgIpc) is 2.92. The van der Waals surface area contributed by atoms with Crippen molar-refractivity contribution in [3.8, 4) is 0 Å². The Morgan fingerprint density at radius 3 is 2.72 bits per heavy atom. The molecule has 0 aliphatic heterocycles. The van der Waals surface area contributed by atoms with Crippen LogP contribution in [0.3, 0.4) is 0 Å². The summed E-state index contributed by atoms with van der Waals surface area (Å²) in [6.07, 6.45) is 14.7. The molecule has 4 aliphatic carbocycles. The molecule has 0 bridgehead atoms. The first-order chi connectivity index (χ1) is 11.8. The average molecular weight is 340 g/mol. The third-order valence-corrected chi connectivity index (χ3v) is 8.06. The fourth-order valence-electron chi connectivity index (χ4n) is 6.60. The summed E-state index contributed by atoms with van der Waals surface area (Å²) in [4.78, 5) is 23.4. The van der Waals surface area contributed by atoms with Gasteiger partial charge in [0.2, 0.25) is 0 Å². The fraction of sp³-hybridized carbons (Fsp3) is 0.636. The molecule has 0 spiro atoms. The molecule has 0 amide bonds. The minimum Gasteiger partial charge on any atom is -0.481 e. The van der Waals surface area contributed by atoms with Gasteiger partial charge in [0.1, 0.15) is 0 Å². The molecule has 2 fully saturated rings. The van der Waals surface area contributed by atoms with Crippen molar-refractivity contribution in [1.82, 2.24) is 0 Å². The van der Waals surface area contributed by atoms with Crippen LogP contribution < -0.4 is 0 Å². The molecule has 0 heterocycles. The molecule has 4 aliphatic rings. The van der Waals surface area contributed by atoms with E-state index in [4.69, 9.17) is 0 Å². The van der Waals surface area contributed by atoms with Gasteiger partial charge in [-0.3, -0.25) is 9.59 Å². The number of ketones is 1. The van der Waals surface area contributed by atoms with Crippen molar-refractivity contribution in [3.05, 3.63) is 36.0 Å². The Kier molecular flexibility index (Phi) is 3.65. The number of hydrogen-bond donors (Lipinski definition) is 1. The molecule has 0 aromatic carbocycles. The van der Waals surface area contributed by atoms with E-state index >= 15 is 0 Å². The van der Waals surface area contributed by atoms with Crippen LogP contribution in [0, 0.1) is 40.4 Å². The number of allylic oxidation sites excluding steroid dienone is 6. The molecule has 0 aromatic rings. The van der Waals surface area contributed by atoms with E-state index in [0.717, 1.165) is 25.7 Å². The van der Waals surface area contributed by atoms with Gasteiger partial charge in [0.15, 0.2) is 5.78 Å². The second kappa shape index (κ2) is 5.43. The van der Waals surface area contributed by atoms with Crippen molar-refractivity contribution >= 4 is 11.8 Å². The largest absolute Gasteiger partial charge is 0.481 e.